The predicted molar refractivity (Wildman–Crippen MR) is 76.9 cm³/mol. The molecule has 1 heterocycles. The summed E-state index contributed by atoms with van der Waals surface area (Å²) < 4.78 is 5.27. The molecule has 1 aliphatic rings. The summed E-state index contributed by atoms with van der Waals surface area (Å²) >= 11 is 0. The van der Waals surface area contributed by atoms with Crippen LogP contribution in [0, 0.1) is 0 Å². The number of rotatable bonds is 6. The number of hydrogen-bond donors (Lipinski definition) is 3. The Balaban J connectivity index is 1.86. The van der Waals surface area contributed by atoms with Crippen LogP contribution in [0.5, 0.6) is 0 Å². The largest absolute Gasteiger partial charge is 0.480 e. The number of benzene rings is 1. The fourth-order valence-corrected chi connectivity index (χ4v) is 2.28. The Morgan fingerprint density at radius 1 is 1.38 bits per heavy atom. The van der Waals surface area contributed by atoms with Crippen LogP contribution < -0.4 is 10.6 Å². The Morgan fingerprint density at radius 2 is 2.14 bits per heavy atom. The van der Waals surface area contributed by atoms with E-state index < -0.39 is 12.0 Å². The Hall–Kier alpha value is -1.92. The van der Waals surface area contributed by atoms with Crippen LogP contribution in [0.2, 0.25) is 0 Å². The summed E-state index contributed by atoms with van der Waals surface area (Å²) in [4.78, 5) is 23.2. The van der Waals surface area contributed by atoms with E-state index in [1.54, 1.807) is 0 Å². The van der Waals surface area contributed by atoms with Crippen molar-refractivity contribution in [1.29, 1.82) is 0 Å². The highest BCUT2D eigenvalue weighted by atomic mass is 16.5. The molecular weight excluding hydrogens is 272 g/mol. The third kappa shape index (κ3) is 5.17. The van der Waals surface area contributed by atoms with Gasteiger partial charge in [0.05, 0.1) is 13.2 Å². The molecule has 1 aromatic carbocycles. The third-order valence-corrected chi connectivity index (χ3v) is 3.35. The lowest BCUT2D eigenvalue weighted by Gasteiger charge is -2.24. The van der Waals surface area contributed by atoms with Crippen molar-refractivity contribution in [2.45, 2.75) is 24.9 Å². The van der Waals surface area contributed by atoms with Gasteiger partial charge in [-0.15, -0.1) is 0 Å². The Labute approximate surface area is 123 Å². The van der Waals surface area contributed by atoms with Gasteiger partial charge in [0.15, 0.2) is 0 Å². The average Bonchev–Trinajstić information content (AvgIpc) is 2.48. The van der Waals surface area contributed by atoms with Crippen LogP contribution in [0.15, 0.2) is 30.3 Å². The number of aliphatic carboxylic acids is 1. The van der Waals surface area contributed by atoms with Crippen LogP contribution in [0.3, 0.4) is 0 Å². The van der Waals surface area contributed by atoms with Gasteiger partial charge in [-0.05, 0) is 5.56 Å². The molecule has 6 heteroatoms. The molecular formula is C15H20N2O4. The summed E-state index contributed by atoms with van der Waals surface area (Å²) in [6, 6.07) is 8.29. The van der Waals surface area contributed by atoms with Gasteiger partial charge in [0.2, 0.25) is 5.91 Å². The maximum atomic E-state index is 11.9. The summed E-state index contributed by atoms with van der Waals surface area (Å²) in [5.41, 5.74) is 0.879. The Bertz CT molecular complexity index is 472. The van der Waals surface area contributed by atoms with E-state index in [2.05, 4.69) is 10.6 Å². The van der Waals surface area contributed by atoms with Crippen molar-refractivity contribution in [2.75, 3.05) is 19.8 Å². The van der Waals surface area contributed by atoms with Gasteiger partial charge in [-0.25, -0.2) is 4.79 Å². The number of nitrogens with one attached hydrogen (secondary N) is 2. The van der Waals surface area contributed by atoms with Crippen LogP contribution in [0.25, 0.3) is 0 Å². The van der Waals surface area contributed by atoms with Gasteiger partial charge in [0.1, 0.15) is 6.04 Å². The van der Waals surface area contributed by atoms with Crippen molar-refractivity contribution in [1.82, 2.24) is 10.6 Å². The van der Waals surface area contributed by atoms with Gasteiger partial charge < -0.3 is 20.5 Å². The maximum absolute atomic E-state index is 11.9. The molecule has 0 aromatic heterocycles. The number of carbonyl (C=O) groups excluding carboxylic acids is 1. The Morgan fingerprint density at radius 3 is 2.76 bits per heavy atom. The van der Waals surface area contributed by atoms with Gasteiger partial charge in [0.25, 0.3) is 0 Å². The molecule has 0 spiro atoms. The minimum atomic E-state index is -1.03. The van der Waals surface area contributed by atoms with Crippen molar-refractivity contribution >= 4 is 11.9 Å². The van der Waals surface area contributed by atoms with E-state index in [0.717, 1.165) is 5.56 Å². The number of carboxylic acids is 1. The van der Waals surface area contributed by atoms with Crippen LogP contribution in [-0.4, -0.2) is 48.8 Å². The number of carbonyl (C=O) groups is 2. The minimum Gasteiger partial charge on any atom is -0.480 e. The highest BCUT2D eigenvalue weighted by Crippen LogP contribution is 2.05. The molecule has 0 bridgehead atoms. The van der Waals surface area contributed by atoms with Crippen molar-refractivity contribution in [3.8, 4) is 0 Å². The smallest absolute Gasteiger partial charge is 0.326 e. The van der Waals surface area contributed by atoms with E-state index in [-0.39, 0.29) is 24.8 Å². The summed E-state index contributed by atoms with van der Waals surface area (Å²) in [7, 11) is 0. The number of morpholine rings is 1. The van der Waals surface area contributed by atoms with Crippen LogP contribution >= 0.6 is 0 Å². The topological polar surface area (TPSA) is 87.7 Å². The fraction of sp³-hybridized carbons (Fsp3) is 0.467. The van der Waals surface area contributed by atoms with Crippen molar-refractivity contribution in [3.63, 3.8) is 0 Å². The molecule has 1 aliphatic heterocycles. The normalized spacial score (nSPS) is 19.7. The number of amides is 1. The van der Waals surface area contributed by atoms with E-state index in [1.165, 1.54) is 0 Å². The quantitative estimate of drug-likeness (QED) is 0.696. The molecule has 0 radical (unpaired) electrons. The van der Waals surface area contributed by atoms with E-state index in [0.29, 0.717) is 19.8 Å². The molecule has 1 saturated heterocycles. The standard InChI is InChI=1S/C15H20N2O4/c18-14(9-12-10-21-7-6-16-12)17-13(15(19)20)8-11-4-2-1-3-5-11/h1-5,12-13,16H,6-10H2,(H,17,18)(H,19,20)/t12?,13-/m0/s1. The number of carboxylic acid groups (broad SMARTS) is 1. The first-order valence-corrected chi connectivity index (χ1v) is 7.02. The molecule has 6 nitrogen and oxygen atoms in total. The molecule has 114 valence electrons. The molecule has 2 rings (SSSR count). The first kappa shape index (κ1) is 15.5. The van der Waals surface area contributed by atoms with Crippen molar-refractivity contribution in [3.05, 3.63) is 35.9 Å². The second kappa shape index (κ2) is 7.75. The molecule has 1 unspecified atom stereocenters. The van der Waals surface area contributed by atoms with Gasteiger partial charge in [0, 0.05) is 25.4 Å². The molecule has 1 fully saturated rings. The first-order valence-electron chi connectivity index (χ1n) is 7.02. The fourth-order valence-electron chi connectivity index (χ4n) is 2.28. The van der Waals surface area contributed by atoms with E-state index >= 15 is 0 Å². The van der Waals surface area contributed by atoms with Crippen molar-refractivity contribution in [2.24, 2.45) is 0 Å². The van der Waals surface area contributed by atoms with Crippen molar-refractivity contribution < 1.29 is 19.4 Å². The monoisotopic (exact) mass is 292 g/mol. The van der Waals surface area contributed by atoms with Gasteiger partial charge in [-0.3, -0.25) is 4.79 Å². The van der Waals surface area contributed by atoms with Crippen LogP contribution in [0.1, 0.15) is 12.0 Å². The lowest BCUT2D eigenvalue weighted by atomic mass is 10.1. The van der Waals surface area contributed by atoms with E-state index in [9.17, 15) is 14.7 Å². The van der Waals surface area contributed by atoms with Gasteiger partial charge in [-0.2, -0.15) is 0 Å². The molecule has 1 aromatic rings. The molecule has 21 heavy (non-hydrogen) atoms. The molecule has 3 N–H and O–H groups in total. The second-order valence-electron chi connectivity index (χ2n) is 5.08. The molecule has 0 saturated carbocycles. The molecule has 0 aliphatic carbocycles. The highest BCUT2D eigenvalue weighted by molar-refractivity contribution is 5.84. The van der Waals surface area contributed by atoms with Crippen LogP contribution in [0.4, 0.5) is 0 Å². The molecule has 1 amide bonds. The number of ether oxygens (including phenoxy) is 1. The summed E-state index contributed by atoms with van der Waals surface area (Å²) in [6.45, 7) is 1.83. The molecule has 2 atom stereocenters. The zero-order valence-electron chi connectivity index (χ0n) is 11.7. The zero-order chi connectivity index (χ0) is 15.1. The average molecular weight is 292 g/mol. The lowest BCUT2D eigenvalue weighted by Crippen LogP contribution is -2.48. The Kier molecular flexibility index (Phi) is 5.71. The first-order chi connectivity index (χ1) is 10.1. The number of hydrogen-bond acceptors (Lipinski definition) is 4. The van der Waals surface area contributed by atoms with Crippen LogP contribution in [-0.2, 0) is 20.7 Å². The van der Waals surface area contributed by atoms with E-state index in [4.69, 9.17) is 4.74 Å². The van der Waals surface area contributed by atoms with Gasteiger partial charge >= 0.3 is 5.97 Å². The zero-order valence-corrected chi connectivity index (χ0v) is 11.7. The maximum Gasteiger partial charge on any atom is 0.326 e. The van der Waals surface area contributed by atoms with Gasteiger partial charge in [-0.1, -0.05) is 30.3 Å². The summed E-state index contributed by atoms with van der Waals surface area (Å²) in [6.07, 6.45) is 0.495. The summed E-state index contributed by atoms with van der Waals surface area (Å²) in [5.74, 6) is -1.30. The van der Waals surface area contributed by atoms with E-state index in [1.807, 2.05) is 30.3 Å². The predicted octanol–water partition coefficient (Wildman–Crippen LogP) is 0.177. The second-order valence-corrected chi connectivity index (χ2v) is 5.08. The highest BCUT2D eigenvalue weighted by Gasteiger charge is 2.23. The lowest BCUT2D eigenvalue weighted by molar-refractivity contribution is -0.141. The minimum absolute atomic E-state index is 0.0510. The summed E-state index contributed by atoms with van der Waals surface area (Å²) in [5, 5.41) is 15.0. The third-order valence-electron chi connectivity index (χ3n) is 3.35. The SMILES string of the molecule is O=C(CC1COCCN1)N[C@@H](Cc1ccccc1)C(=O)O.